The number of halogens is 2. The number of furan rings is 1. The van der Waals surface area contributed by atoms with Crippen molar-refractivity contribution in [2.24, 2.45) is 0 Å². The van der Waals surface area contributed by atoms with E-state index >= 15 is 0 Å². The molecular weight excluding hydrogens is 378 g/mol. The van der Waals surface area contributed by atoms with Gasteiger partial charge in [-0.2, -0.15) is 5.26 Å². The lowest BCUT2D eigenvalue weighted by molar-refractivity contribution is 0.571. The number of benzene rings is 2. The standard InChI is InChI=1S/C22H12F2N2OS/c23-17-5-1-14(2-6-17)20-13-28-22(26-20)16(12-25)11-19-9-10-21(27-19)15-3-7-18(24)8-4-15/h1-11,13H/b16-11+. The van der Waals surface area contributed by atoms with Gasteiger partial charge >= 0.3 is 0 Å². The highest BCUT2D eigenvalue weighted by Gasteiger charge is 2.11. The molecule has 0 N–H and O–H groups in total. The summed E-state index contributed by atoms with van der Waals surface area (Å²) in [5.74, 6) is 0.443. The van der Waals surface area contributed by atoms with Crippen LogP contribution in [0, 0.1) is 23.0 Å². The maximum atomic E-state index is 13.1. The Morgan fingerprint density at radius 3 is 2.21 bits per heavy atom. The number of hydrogen-bond donors (Lipinski definition) is 0. The molecule has 136 valence electrons. The lowest BCUT2D eigenvalue weighted by Gasteiger charge is -1.97. The predicted molar refractivity (Wildman–Crippen MR) is 105 cm³/mol. The quantitative estimate of drug-likeness (QED) is 0.378. The minimum atomic E-state index is -0.317. The molecule has 0 unspecified atom stereocenters. The van der Waals surface area contributed by atoms with Gasteiger partial charge in [-0.05, 0) is 60.7 Å². The molecule has 0 radical (unpaired) electrons. The van der Waals surface area contributed by atoms with Crippen LogP contribution in [0.5, 0.6) is 0 Å². The van der Waals surface area contributed by atoms with Gasteiger partial charge in [-0.15, -0.1) is 11.3 Å². The number of thiazole rings is 1. The zero-order valence-corrected chi connectivity index (χ0v) is 15.2. The summed E-state index contributed by atoms with van der Waals surface area (Å²) < 4.78 is 31.9. The molecule has 2 aromatic carbocycles. The van der Waals surface area contributed by atoms with Crippen LogP contribution in [-0.2, 0) is 0 Å². The smallest absolute Gasteiger partial charge is 0.134 e. The van der Waals surface area contributed by atoms with E-state index in [2.05, 4.69) is 11.1 Å². The fourth-order valence-corrected chi connectivity index (χ4v) is 3.43. The van der Waals surface area contributed by atoms with Crippen LogP contribution < -0.4 is 0 Å². The van der Waals surface area contributed by atoms with E-state index in [4.69, 9.17) is 4.42 Å². The molecule has 0 fully saturated rings. The molecule has 2 heterocycles. The number of nitriles is 1. The fourth-order valence-electron chi connectivity index (χ4n) is 2.63. The van der Waals surface area contributed by atoms with E-state index < -0.39 is 0 Å². The SMILES string of the molecule is N#C/C(=C\c1ccc(-c2ccc(F)cc2)o1)c1nc(-c2ccc(F)cc2)cs1. The molecule has 0 saturated carbocycles. The van der Waals surface area contributed by atoms with E-state index in [1.165, 1.54) is 35.6 Å². The first kappa shape index (κ1) is 17.8. The van der Waals surface area contributed by atoms with Crippen molar-refractivity contribution >= 4 is 23.0 Å². The summed E-state index contributed by atoms with van der Waals surface area (Å²) in [7, 11) is 0. The Labute approximate surface area is 163 Å². The van der Waals surface area contributed by atoms with E-state index in [9.17, 15) is 14.0 Å². The molecule has 4 rings (SSSR count). The van der Waals surface area contributed by atoms with Crippen molar-refractivity contribution in [3.8, 4) is 28.7 Å². The number of allylic oxidation sites excluding steroid dienone is 1. The average Bonchev–Trinajstić information content (AvgIpc) is 3.37. The monoisotopic (exact) mass is 390 g/mol. The Kier molecular flexibility index (Phi) is 4.83. The van der Waals surface area contributed by atoms with Gasteiger partial charge in [0, 0.05) is 22.6 Å². The van der Waals surface area contributed by atoms with Gasteiger partial charge in [0.15, 0.2) is 0 Å². The summed E-state index contributed by atoms with van der Waals surface area (Å²) in [6.45, 7) is 0. The predicted octanol–water partition coefficient (Wildman–Crippen LogP) is 6.41. The van der Waals surface area contributed by atoms with Gasteiger partial charge in [-0.3, -0.25) is 0 Å². The Hall–Kier alpha value is -3.56. The van der Waals surface area contributed by atoms with Crippen LogP contribution in [0.4, 0.5) is 8.78 Å². The zero-order valence-electron chi connectivity index (χ0n) is 14.4. The van der Waals surface area contributed by atoms with Gasteiger partial charge < -0.3 is 4.42 Å². The molecule has 0 saturated heterocycles. The first-order chi connectivity index (χ1) is 13.6. The average molecular weight is 390 g/mol. The number of hydrogen-bond acceptors (Lipinski definition) is 4. The van der Waals surface area contributed by atoms with Gasteiger partial charge in [0.2, 0.25) is 0 Å². The summed E-state index contributed by atoms with van der Waals surface area (Å²) in [6.07, 6.45) is 1.61. The zero-order chi connectivity index (χ0) is 19.5. The molecule has 0 amide bonds. The number of nitrogens with zero attached hydrogens (tertiary/aromatic N) is 2. The summed E-state index contributed by atoms with van der Waals surface area (Å²) in [5, 5.41) is 11.9. The Bertz CT molecular complexity index is 1180. The van der Waals surface area contributed by atoms with Crippen LogP contribution in [0.2, 0.25) is 0 Å². The number of rotatable bonds is 4. The van der Waals surface area contributed by atoms with Gasteiger partial charge in [0.1, 0.15) is 34.2 Å². The van der Waals surface area contributed by atoms with Crippen molar-refractivity contribution in [1.82, 2.24) is 4.98 Å². The molecule has 0 aliphatic rings. The largest absolute Gasteiger partial charge is 0.457 e. The van der Waals surface area contributed by atoms with Crippen molar-refractivity contribution in [3.63, 3.8) is 0 Å². The maximum Gasteiger partial charge on any atom is 0.134 e. The van der Waals surface area contributed by atoms with E-state index in [0.717, 1.165) is 11.1 Å². The highest BCUT2D eigenvalue weighted by Crippen LogP contribution is 2.29. The van der Waals surface area contributed by atoms with Crippen LogP contribution in [-0.4, -0.2) is 4.98 Å². The van der Waals surface area contributed by atoms with Crippen LogP contribution in [0.1, 0.15) is 10.8 Å². The Morgan fingerprint density at radius 2 is 1.57 bits per heavy atom. The summed E-state index contributed by atoms with van der Waals surface area (Å²) in [6, 6.07) is 17.6. The molecule has 0 aliphatic carbocycles. The van der Waals surface area contributed by atoms with E-state index in [1.54, 1.807) is 42.5 Å². The summed E-state index contributed by atoms with van der Waals surface area (Å²) in [4.78, 5) is 4.47. The van der Waals surface area contributed by atoms with Crippen LogP contribution >= 0.6 is 11.3 Å². The van der Waals surface area contributed by atoms with Crippen LogP contribution in [0.3, 0.4) is 0 Å². The Morgan fingerprint density at radius 1 is 0.929 bits per heavy atom. The summed E-state index contributed by atoms with van der Waals surface area (Å²) >= 11 is 1.33. The van der Waals surface area contributed by atoms with Crippen LogP contribution in [0.25, 0.3) is 34.2 Å². The van der Waals surface area contributed by atoms with E-state index in [1.807, 2.05) is 5.38 Å². The third kappa shape index (κ3) is 3.75. The Balaban J connectivity index is 1.61. The highest BCUT2D eigenvalue weighted by molar-refractivity contribution is 7.11. The second-order valence-electron chi connectivity index (χ2n) is 5.92. The molecule has 0 spiro atoms. The molecule has 2 aromatic heterocycles. The molecule has 3 nitrogen and oxygen atoms in total. The van der Waals surface area contributed by atoms with Crippen molar-refractivity contribution in [2.75, 3.05) is 0 Å². The van der Waals surface area contributed by atoms with Gasteiger partial charge in [0.05, 0.1) is 11.3 Å². The molecule has 0 atom stereocenters. The maximum absolute atomic E-state index is 13.1. The second kappa shape index (κ2) is 7.59. The highest BCUT2D eigenvalue weighted by atomic mass is 32.1. The summed E-state index contributed by atoms with van der Waals surface area (Å²) in [5.41, 5.74) is 2.55. The number of aromatic nitrogens is 1. The fraction of sp³-hybridized carbons (Fsp3) is 0. The van der Waals surface area contributed by atoms with Gasteiger partial charge in [-0.25, -0.2) is 13.8 Å². The van der Waals surface area contributed by atoms with Crippen molar-refractivity contribution in [1.29, 1.82) is 5.26 Å². The first-order valence-electron chi connectivity index (χ1n) is 8.32. The minimum Gasteiger partial charge on any atom is -0.457 e. The molecule has 28 heavy (non-hydrogen) atoms. The molecule has 4 aromatic rings. The molecular formula is C22H12F2N2OS. The van der Waals surface area contributed by atoms with Crippen LogP contribution in [0.15, 0.2) is 70.5 Å². The lowest BCUT2D eigenvalue weighted by Crippen LogP contribution is -1.83. The molecule has 6 heteroatoms. The third-order valence-corrected chi connectivity index (χ3v) is 4.91. The van der Waals surface area contributed by atoms with Gasteiger partial charge in [-0.1, -0.05) is 0 Å². The van der Waals surface area contributed by atoms with E-state index in [0.29, 0.717) is 27.8 Å². The van der Waals surface area contributed by atoms with Crippen molar-refractivity contribution < 1.29 is 13.2 Å². The minimum absolute atomic E-state index is 0.313. The normalized spacial score (nSPS) is 11.4. The third-order valence-electron chi connectivity index (χ3n) is 4.04. The second-order valence-corrected chi connectivity index (χ2v) is 6.78. The van der Waals surface area contributed by atoms with Crippen molar-refractivity contribution in [3.05, 3.63) is 88.4 Å². The molecule has 0 bridgehead atoms. The van der Waals surface area contributed by atoms with E-state index in [-0.39, 0.29) is 11.6 Å². The van der Waals surface area contributed by atoms with Gasteiger partial charge in [0.25, 0.3) is 0 Å². The molecule has 0 aliphatic heterocycles. The topological polar surface area (TPSA) is 49.8 Å². The first-order valence-corrected chi connectivity index (χ1v) is 9.20. The lowest BCUT2D eigenvalue weighted by atomic mass is 10.2. The van der Waals surface area contributed by atoms with Crippen molar-refractivity contribution in [2.45, 2.75) is 0 Å².